The first-order valence-electron chi connectivity index (χ1n) is 9.66. The summed E-state index contributed by atoms with van der Waals surface area (Å²) in [7, 11) is 0. The quantitative estimate of drug-likeness (QED) is 0.646. The van der Waals surface area contributed by atoms with Crippen LogP contribution >= 0.6 is 0 Å². The highest BCUT2D eigenvalue weighted by Crippen LogP contribution is 2.31. The Hall–Kier alpha value is -2.90. The van der Waals surface area contributed by atoms with Crippen molar-refractivity contribution in [1.82, 2.24) is 19.4 Å². The van der Waals surface area contributed by atoms with E-state index >= 15 is 0 Å². The van der Waals surface area contributed by atoms with Gasteiger partial charge in [0.15, 0.2) is 5.65 Å². The predicted molar refractivity (Wildman–Crippen MR) is 103 cm³/mol. The second-order valence-corrected chi connectivity index (χ2v) is 7.28. The van der Waals surface area contributed by atoms with E-state index in [1.54, 1.807) is 11.1 Å². The Kier molecular flexibility index (Phi) is 5.02. The third kappa shape index (κ3) is 3.71. The second-order valence-electron chi connectivity index (χ2n) is 7.28. The summed E-state index contributed by atoms with van der Waals surface area (Å²) in [4.78, 5) is 23.7. The number of likely N-dealkylation sites (tertiary alicyclic amines) is 1. The smallest absolute Gasteiger partial charge is 0.338 e. The van der Waals surface area contributed by atoms with Crippen LogP contribution in [0.1, 0.15) is 47.4 Å². The van der Waals surface area contributed by atoms with Gasteiger partial charge in [0.1, 0.15) is 11.3 Å². The number of imidazole rings is 1. The Morgan fingerprint density at radius 2 is 1.97 bits per heavy atom. The lowest BCUT2D eigenvalue weighted by atomic mass is 10.1. The molecular formula is C21H21F3N4O. The Labute approximate surface area is 166 Å². The summed E-state index contributed by atoms with van der Waals surface area (Å²) in [6.07, 6.45) is -0.961. The molecule has 4 rings (SSSR count). The SMILES string of the molecule is CCCn1c(C2CCN(C(=O)c3ccc(C(F)(F)F)cc3)C2)nc2cccnc21. The molecule has 1 aliphatic rings. The number of aromatic nitrogens is 3. The summed E-state index contributed by atoms with van der Waals surface area (Å²) >= 11 is 0. The van der Waals surface area contributed by atoms with Gasteiger partial charge in [-0.1, -0.05) is 6.92 Å². The molecule has 0 bridgehead atoms. The van der Waals surface area contributed by atoms with Crippen molar-refractivity contribution in [3.8, 4) is 0 Å². The van der Waals surface area contributed by atoms with Crippen LogP contribution in [0.25, 0.3) is 11.2 Å². The van der Waals surface area contributed by atoms with E-state index in [4.69, 9.17) is 4.98 Å². The minimum absolute atomic E-state index is 0.0779. The van der Waals surface area contributed by atoms with Crippen LogP contribution in [0.3, 0.4) is 0 Å². The van der Waals surface area contributed by atoms with E-state index in [1.165, 1.54) is 12.1 Å². The minimum atomic E-state index is -4.41. The van der Waals surface area contributed by atoms with Crippen molar-refractivity contribution >= 4 is 17.1 Å². The molecule has 3 aromatic rings. The molecule has 8 heteroatoms. The summed E-state index contributed by atoms with van der Waals surface area (Å²) in [6, 6.07) is 8.17. The van der Waals surface area contributed by atoms with Gasteiger partial charge in [0.25, 0.3) is 5.91 Å². The average Bonchev–Trinajstić information content (AvgIpc) is 3.32. The van der Waals surface area contributed by atoms with E-state index in [-0.39, 0.29) is 17.4 Å². The Balaban J connectivity index is 1.54. The van der Waals surface area contributed by atoms with Crippen molar-refractivity contribution in [1.29, 1.82) is 0 Å². The van der Waals surface area contributed by atoms with Gasteiger partial charge in [-0.2, -0.15) is 13.2 Å². The molecule has 0 N–H and O–H groups in total. The van der Waals surface area contributed by atoms with E-state index in [2.05, 4.69) is 16.5 Å². The van der Waals surface area contributed by atoms with Gasteiger partial charge < -0.3 is 9.47 Å². The zero-order chi connectivity index (χ0) is 20.6. The van der Waals surface area contributed by atoms with Crippen molar-refractivity contribution in [2.24, 2.45) is 0 Å². The molecule has 5 nitrogen and oxygen atoms in total. The number of halogens is 3. The van der Waals surface area contributed by atoms with Crippen LogP contribution in [0, 0.1) is 0 Å². The van der Waals surface area contributed by atoms with Crippen LogP contribution in [0.15, 0.2) is 42.6 Å². The van der Waals surface area contributed by atoms with E-state index in [0.717, 1.165) is 48.5 Å². The van der Waals surface area contributed by atoms with Gasteiger partial charge in [-0.15, -0.1) is 0 Å². The lowest BCUT2D eigenvalue weighted by Gasteiger charge is -2.17. The van der Waals surface area contributed by atoms with Crippen molar-refractivity contribution in [3.05, 3.63) is 59.5 Å². The lowest BCUT2D eigenvalue weighted by molar-refractivity contribution is -0.137. The molecule has 1 saturated heterocycles. The number of benzene rings is 1. The van der Waals surface area contributed by atoms with Crippen molar-refractivity contribution in [2.45, 2.75) is 38.4 Å². The van der Waals surface area contributed by atoms with Gasteiger partial charge in [0.2, 0.25) is 0 Å². The first-order chi connectivity index (χ1) is 13.9. The fourth-order valence-electron chi connectivity index (χ4n) is 3.87. The fraction of sp³-hybridized carbons (Fsp3) is 0.381. The van der Waals surface area contributed by atoms with Crippen LogP contribution in [0.2, 0.25) is 0 Å². The first-order valence-corrected chi connectivity index (χ1v) is 9.66. The highest BCUT2D eigenvalue weighted by molar-refractivity contribution is 5.94. The van der Waals surface area contributed by atoms with E-state index in [0.29, 0.717) is 13.1 Å². The molecule has 1 unspecified atom stereocenters. The number of hydrogen-bond acceptors (Lipinski definition) is 3. The average molecular weight is 402 g/mol. The summed E-state index contributed by atoms with van der Waals surface area (Å²) in [5.41, 5.74) is 1.19. The van der Waals surface area contributed by atoms with Crippen molar-refractivity contribution < 1.29 is 18.0 Å². The van der Waals surface area contributed by atoms with Crippen LogP contribution in [0.4, 0.5) is 13.2 Å². The summed E-state index contributed by atoms with van der Waals surface area (Å²) in [5.74, 6) is 0.745. The molecule has 3 heterocycles. The number of pyridine rings is 1. The fourth-order valence-corrected chi connectivity index (χ4v) is 3.87. The topological polar surface area (TPSA) is 51.0 Å². The summed E-state index contributed by atoms with van der Waals surface area (Å²) < 4.78 is 40.3. The molecule has 152 valence electrons. The number of alkyl halides is 3. The van der Waals surface area contributed by atoms with Crippen molar-refractivity contribution in [3.63, 3.8) is 0 Å². The minimum Gasteiger partial charge on any atom is -0.338 e. The number of fused-ring (bicyclic) bond motifs is 1. The molecule has 1 fully saturated rings. The van der Waals surface area contributed by atoms with E-state index in [9.17, 15) is 18.0 Å². The maximum Gasteiger partial charge on any atom is 0.416 e. The molecule has 0 spiro atoms. The second kappa shape index (κ2) is 7.50. The standard InChI is InChI=1S/C21H21F3N4O/c1-2-11-28-18(26-17-4-3-10-25-19(17)28)15-9-12-27(13-15)20(29)14-5-7-16(8-6-14)21(22,23)24/h3-8,10,15H,2,9,11-13H2,1H3. The van der Waals surface area contributed by atoms with Gasteiger partial charge in [0, 0.05) is 37.3 Å². The van der Waals surface area contributed by atoms with Gasteiger partial charge in [-0.25, -0.2) is 9.97 Å². The molecule has 0 saturated carbocycles. The zero-order valence-electron chi connectivity index (χ0n) is 16.0. The number of carbonyl (C=O) groups is 1. The zero-order valence-corrected chi connectivity index (χ0v) is 16.0. The van der Waals surface area contributed by atoms with Crippen LogP contribution in [-0.2, 0) is 12.7 Å². The van der Waals surface area contributed by atoms with Crippen molar-refractivity contribution in [2.75, 3.05) is 13.1 Å². The van der Waals surface area contributed by atoms with E-state index < -0.39 is 11.7 Å². The van der Waals surface area contributed by atoms with Gasteiger partial charge in [-0.3, -0.25) is 4.79 Å². The number of aryl methyl sites for hydroxylation is 1. The normalized spacial score (nSPS) is 17.2. The maximum absolute atomic E-state index is 12.8. The number of carbonyl (C=O) groups excluding carboxylic acids is 1. The first kappa shape index (κ1) is 19.4. The number of rotatable bonds is 4. The maximum atomic E-state index is 12.8. The Morgan fingerprint density at radius 1 is 1.21 bits per heavy atom. The third-order valence-electron chi connectivity index (χ3n) is 5.28. The molecule has 1 aromatic carbocycles. The predicted octanol–water partition coefficient (Wildman–Crippen LogP) is 4.49. The number of nitrogens with zero attached hydrogens (tertiary/aromatic N) is 4. The Morgan fingerprint density at radius 3 is 2.66 bits per heavy atom. The van der Waals surface area contributed by atoms with Gasteiger partial charge in [-0.05, 0) is 49.2 Å². The molecule has 0 radical (unpaired) electrons. The number of hydrogen-bond donors (Lipinski definition) is 0. The highest BCUT2D eigenvalue weighted by atomic mass is 19.4. The molecule has 0 aliphatic carbocycles. The monoisotopic (exact) mass is 402 g/mol. The lowest BCUT2D eigenvalue weighted by Crippen LogP contribution is -2.28. The molecule has 1 atom stereocenters. The van der Waals surface area contributed by atoms with E-state index in [1.807, 2.05) is 12.1 Å². The van der Waals surface area contributed by atoms with Crippen LogP contribution in [-0.4, -0.2) is 38.4 Å². The van der Waals surface area contributed by atoms with Crippen LogP contribution in [0.5, 0.6) is 0 Å². The summed E-state index contributed by atoms with van der Waals surface area (Å²) in [5, 5.41) is 0. The Bertz CT molecular complexity index is 1030. The highest BCUT2D eigenvalue weighted by Gasteiger charge is 2.33. The third-order valence-corrected chi connectivity index (χ3v) is 5.28. The molecule has 1 amide bonds. The van der Waals surface area contributed by atoms with Gasteiger partial charge >= 0.3 is 6.18 Å². The summed E-state index contributed by atoms with van der Waals surface area (Å²) in [6.45, 7) is 3.93. The molecular weight excluding hydrogens is 381 g/mol. The molecule has 2 aromatic heterocycles. The largest absolute Gasteiger partial charge is 0.416 e. The molecule has 29 heavy (non-hydrogen) atoms. The van der Waals surface area contributed by atoms with Crippen LogP contribution < -0.4 is 0 Å². The molecule has 1 aliphatic heterocycles. The number of amides is 1. The van der Waals surface area contributed by atoms with Gasteiger partial charge in [0.05, 0.1) is 5.56 Å².